The Bertz CT molecular complexity index is 1400. The second-order valence-corrected chi connectivity index (χ2v) is 10.8. The molecule has 210 valence electrons. The van der Waals surface area contributed by atoms with Gasteiger partial charge in [0.15, 0.2) is 5.65 Å². The molecule has 1 N–H and O–H groups in total. The lowest BCUT2D eigenvalue weighted by atomic mass is 9.95. The number of rotatable bonds is 8. The van der Waals surface area contributed by atoms with Crippen molar-refractivity contribution < 1.29 is 14.3 Å². The van der Waals surface area contributed by atoms with Crippen molar-refractivity contribution in [2.75, 3.05) is 38.7 Å². The van der Waals surface area contributed by atoms with Gasteiger partial charge in [-0.25, -0.2) is 9.97 Å². The van der Waals surface area contributed by atoms with Gasteiger partial charge in [-0.2, -0.15) is 5.26 Å². The average molecular weight is 544 g/mol. The molecule has 1 atom stereocenters. The lowest BCUT2D eigenvalue weighted by Gasteiger charge is -2.43. The number of aryl methyl sites for hydroxylation is 1. The molecule has 2 fully saturated rings. The predicted octanol–water partition coefficient (Wildman–Crippen LogP) is 4.07. The van der Waals surface area contributed by atoms with E-state index in [1.54, 1.807) is 37.6 Å². The maximum atomic E-state index is 13.4. The van der Waals surface area contributed by atoms with Gasteiger partial charge >= 0.3 is 0 Å². The number of carbonyl (C=O) groups is 2. The van der Waals surface area contributed by atoms with Crippen molar-refractivity contribution in [1.82, 2.24) is 24.3 Å². The van der Waals surface area contributed by atoms with Gasteiger partial charge in [0.1, 0.15) is 5.52 Å². The largest absolute Gasteiger partial charge is 0.385 e. The van der Waals surface area contributed by atoms with E-state index in [1.807, 2.05) is 9.47 Å². The molecule has 5 rings (SSSR count). The van der Waals surface area contributed by atoms with E-state index in [0.29, 0.717) is 65.5 Å². The minimum absolute atomic E-state index is 0.0348. The smallest absolute Gasteiger partial charge is 0.258 e. The number of methoxy groups -OCH3 is 1. The van der Waals surface area contributed by atoms with Crippen LogP contribution in [-0.2, 0) is 11.3 Å². The summed E-state index contributed by atoms with van der Waals surface area (Å²) in [6, 6.07) is 11.5. The second-order valence-electron chi connectivity index (χ2n) is 10.8. The van der Waals surface area contributed by atoms with E-state index < -0.39 is 0 Å². The number of anilines is 1. The van der Waals surface area contributed by atoms with E-state index in [-0.39, 0.29) is 11.8 Å². The maximum Gasteiger partial charge on any atom is 0.258 e. The van der Waals surface area contributed by atoms with E-state index >= 15 is 0 Å². The Labute approximate surface area is 234 Å². The molecule has 3 aromatic rings. The van der Waals surface area contributed by atoms with Crippen LogP contribution in [0.15, 0.2) is 36.5 Å². The van der Waals surface area contributed by atoms with Crippen LogP contribution in [0.2, 0.25) is 0 Å². The number of likely N-dealkylation sites (tertiary alicyclic amines) is 2. The van der Waals surface area contributed by atoms with Crippen LogP contribution in [0, 0.1) is 11.3 Å². The van der Waals surface area contributed by atoms with Gasteiger partial charge in [0.25, 0.3) is 11.8 Å². The Hall–Kier alpha value is -3.81. The van der Waals surface area contributed by atoms with Crippen LogP contribution in [0.25, 0.3) is 11.2 Å². The molecular formula is C30H37N7O3. The summed E-state index contributed by atoms with van der Waals surface area (Å²) in [4.78, 5) is 40.3. The number of piperidine rings is 2. The van der Waals surface area contributed by atoms with Crippen LogP contribution in [0.1, 0.15) is 71.7 Å². The first-order valence-electron chi connectivity index (χ1n) is 14.2. The number of fused-ring (bicyclic) bond motifs is 1. The monoisotopic (exact) mass is 543 g/mol. The molecule has 2 aromatic heterocycles. The van der Waals surface area contributed by atoms with Gasteiger partial charge in [0.2, 0.25) is 5.95 Å². The van der Waals surface area contributed by atoms with Crippen molar-refractivity contribution in [1.29, 1.82) is 5.26 Å². The molecule has 10 nitrogen and oxygen atoms in total. The third-order valence-corrected chi connectivity index (χ3v) is 8.12. The predicted molar refractivity (Wildman–Crippen MR) is 152 cm³/mol. The molecule has 1 aromatic carbocycles. The molecule has 2 amide bonds. The van der Waals surface area contributed by atoms with Crippen molar-refractivity contribution >= 4 is 28.9 Å². The highest BCUT2D eigenvalue weighted by Crippen LogP contribution is 2.26. The molecule has 40 heavy (non-hydrogen) atoms. The van der Waals surface area contributed by atoms with Gasteiger partial charge in [0.05, 0.1) is 17.2 Å². The van der Waals surface area contributed by atoms with Crippen LogP contribution in [0.5, 0.6) is 0 Å². The van der Waals surface area contributed by atoms with Gasteiger partial charge in [-0.15, -0.1) is 0 Å². The number of hydrogen-bond acceptors (Lipinski definition) is 7. The van der Waals surface area contributed by atoms with Crippen LogP contribution in [-0.4, -0.2) is 81.6 Å². The molecule has 10 heteroatoms. The summed E-state index contributed by atoms with van der Waals surface area (Å²) in [6.07, 6.45) is 8.12. The zero-order valence-corrected chi connectivity index (χ0v) is 23.3. The normalized spacial score (nSPS) is 18.5. The number of nitrogens with zero attached hydrogens (tertiary/aromatic N) is 6. The van der Waals surface area contributed by atoms with Gasteiger partial charge < -0.3 is 9.64 Å². The van der Waals surface area contributed by atoms with Crippen LogP contribution >= 0.6 is 0 Å². The van der Waals surface area contributed by atoms with Crippen LogP contribution in [0.3, 0.4) is 0 Å². The summed E-state index contributed by atoms with van der Waals surface area (Å²) in [5, 5.41) is 12.1. The van der Waals surface area contributed by atoms with Crippen molar-refractivity contribution in [2.24, 2.45) is 0 Å². The molecule has 4 heterocycles. The second kappa shape index (κ2) is 12.6. The summed E-state index contributed by atoms with van der Waals surface area (Å²) in [5.41, 5.74) is 2.40. The highest BCUT2D eigenvalue weighted by atomic mass is 16.5. The molecule has 2 aliphatic heterocycles. The first-order valence-corrected chi connectivity index (χ1v) is 14.2. The molecule has 2 aliphatic rings. The van der Waals surface area contributed by atoms with E-state index in [2.05, 4.69) is 33.2 Å². The lowest BCUT2D eigenvalue weighted by Crippen LogP contribution is -2.51. The van der Waals surface area contributed by atoms with E-state index in [0.717, 1.165) is 32.5 Å². The molecule has 0 bridgehead atoms. The standard InChI is InChI=1S/C30H37N7O3/c1-21-7-3-4-12-36(21)25-10-14-35(15-11-25)29(39)24-18-26-27(32-20-24)37(13-6-16-40-2)30(33-26)34-28(38)23-9-5-8-22(17-23)19-31/h5,8-9,17-18,20-21,25H,3-4,6-7,10-16H2,1-2H3,(H,33,34,38). The van der Waals surface area contributed by atoms with Crippen molar-refractivity contribution in [3.63, 3.8) is 0 Å². The first-order chi connectivity index (χ1) is 19.5. The number of imidazole rings is 1. The van der Waals surface area contributed by atoms with Gasteiger partial charge in [-0.1, -0.05) is 12.5 Å². The Morgan fingerprint density at radius 2 is 1.95 bits per heavy atom. The number of nitrogens with one attached hydrogen (secondary N) is 1. The van der Waals surface area contributed by atoms with E-state index in [4.69, 9.17) is 4.74 Å². The SMILES string of the molecule is COCCCn1c(NC(=O)c2cccc(C#N)c2)nc2cc(C(=O)N3CCC(N4CCCCC4C)CC3)cnc21. The summed E-state index contributed by atoms with van der Waals surface area (Å²) >= 11 is 0. The third-order valence-electron chi connectivity index (χ3n) is 8.12. The number of aromatic nitrogens is 3. The van der Waals surface area contributed by atoms with Gasteiger partial charge in [-0.3, -0.25) is 24.4 Å². The Balaban J connectivity index is 1.33. The van der Waals surface area contributed by atoms with Crippen molar-refractivity contribution in [3.8, 4) is 6.07 Å². The quantitative estimate of drug-likeness (QED) is 0.426. The maximum absolute atomic E-state index is 13.4. The minimum Gasteiger partial charge on any atom is -0.385 e. The topological polar surface area (TPSA) is 116 Å². The Kier molecular flexibility index (Phi) is 8.72. The fraction of sp³-hybridized carbons (Fsp3) is 0.500. The van der Waals surface area contributed by atoms with Crippen LogP contribution < -0.4 is 5.32 Å². The third kappa shape index (κ3) is 6.01. The number of pyridine rings is 1. The lowest BCUT2D eigenvalue weighted by molar-refractivity contribution is 0.0463. The summed E-state index contributed by atoms with van der Waals surface area (Å²) in [5.74, 6) is -0.0676. The Morgan fingerprint density at radius 3 is 2.70 bits per heavy atom. The van der Waals surface area contributed by atoms with Crippen molar-refractivity contribution in [3.05, 3.63) is 53.2 Å². The summed E-state index contributed by atoms with van der Waals surface area (Å²) < 4.78 is 7.05. The molecule has 1 unspecified atom stereocenters. The fourth-order valence-electron chi connectivity index (χ4n) is 5.95. The van der Waals surface area contributed by atoms with Crippen molar-refractivity contribution in [2.45, 2.75) is 64.1 Å². The summed E-state index contributed by atoms with van der Waals surface area (Å²) in [6.45, 7) is 6.03. The van der Waals surface area contributed by atoms with E-state index in [9.17, 15) is 14.9 Å². The minimum atomic E-state index is -0.373. The fourth-order valence-corrected chi connectivity index (χ4v) is 5.95. The van der Waals surface area contributed by atoms with Crippen LogP contribution in [0.4, 0.5) is 5.95 Å². The molecule has 0 saturated carbocycles. The average Bonchev–Trinajstić information content (AvgIpc) is 3.33. The number of benzene rings is 1. The Morgan fingerprint density at radius 1 is 1.12 bits per heavy atom. The van der Waals surface area contributed by atoms with E-state index in [1.165, 1.54) is 25.3 Å². The molecule has 0 radical (unpaired) electrons. The number of carbonyl (C=O) groups excluding carboxylic acids is 2. The molecule has 0 aliphatic carbocycles. The molecule has 0 spiro atoms. The first kappa shape index (κ1) is 27.7. The number of ether oxygens (including phenoxy) is 1. The zero-order valence-electron chi connectivity index (χ0n) is 23.3. The molecule has 2 saturated heterocycles. The highest BCUT2D eigenvalue weighted by Gasteiger charge is 2.31. The van der Waals surface area contributed by atoms with Gasteiger partial charge in [0, 0.05) is 57.2 Å². The number of nitriles is 1. The summed E-state index contributed by atoms with van der Waals surface area (Å²) in [7, 11) is 1.64. The number of hydrogen-bond donors (Lipinski definition) is 1. The zero-order chi connectivity index (χ0) is 28.1. The highest BCUT2D eigenvalue weighted by molar-refractivity contribution is 6.04. The number of amides is 2. The molecular weight excluding hydrogens is 506 g/mol. The van der Waals surface area contributed by atoms with Gasteiger partial charge in [-0.05, 0) is 69.8 Å².